The Balaban J connectivity index is 1.87. The third-order valence-corrected chi connectivity index (χ3v) is 3.61. The van der Waals surface area contributed by atoms with Crippen LogP contribution in [-0.4, -0.2) is 69.3 Å². The number of benzene rings is 1. The molecule has 20 heavy (non-hydrogen) atoms. The van der Waals surface area contributed by atoms with Crippen LogP contribution in [0.1, 0.15) is 10.4 Å². The molecule has 0 atom stereocenters. The Labute approximate surface area is 120 Å². The van der Waals surface area contributed by atoms with Crippen LogP contribution in [0, 0.1) is 0 Å². The molecular formula is C15H22N2O3. The van der Waals surface area contributed by atoms with Gasteiger partial charge < -0.3 is 14.4 Å². The molecule has 1 aromatic carbocycles. The Morgan fingerprint density at radius 1 is 1.10 bits per heavy atom. The summed E-state index contributed by atoms with van der Waals surface area (Å²) >= 11 is 0. The first-order valence-corrected chi connectivity index (χ1v) is 6.89. The van der Waals surface area contributed by atoms with Crippen LogP contribution in [0.3, 0.4) is 0 Å². The highest BCUT2D eigenvalue weighted by molar-refractivity contribution is 5.94. The zero-order chi connectivity index (χ0) is 14.4. The monoisotopic (exact) mass is 278 g/mol. The highest BCUT2D eigenvalue weighted by Gasteiger charge is 2.21. The molecule has 0 N–H and O–H groups in total. The molecule has 1 fully saturated rings. The Morgan fingerprint density at radius 3 is 2.30 bits per heavy atom. The maximum Gasteiger partial charge on any atom is 0.253 e. The minimum atomic E-state index is 0.0963. The van der Waals surface area contributed by atoms with E-state index in [0.29, 0.717) is 0 Å². The van der Waals surface area contributed by atoms with Crippen molar-refractivity contribution in [2.24, 2.45) is 0 Å². The first-order valence-electron chi connectivity index (χ1n) is 6.89. The maximum atomic E-state index is 12.4. The second-order valence-corrected chi connectivity index (χ2v) is 4.86. The molecule has 5 nitrogen and oxygen atoms in total. The van der Waals surface area contributed by atoms with E-state index in [1.807, 2.05) is 29.2 Å². The summed E-state index contributed by atoms with van der Waals surface area (Å²) in [4.78, 5) is 16.6. The molecule has 1 aliphatic heterocycles. The van der Waals surface area contributed by atoms with E-state index in [1.54, 1.807) is 14.2 Å². The average Bonchev–Trinajstić information content (AvgIpc) is 2.53. The van der Waals surface area contributed by atoms with Gasteiger partial charge in [-0.3, -0.25) is 9.69 Å². The summed E-state index contributed by atoms with van der Waals surface area (Å²) in [7, 11) is 3.33. The number of carbonyl (C=O) groups excluding carboxylic acids is 1. The fraction of sp³-hybridized carbons (Fsp3) is 0.533. The van der Waals surface area contributed by atoms with Crippen molar-refractivity contribution in [3.05, 3.63) is 29.8 Å². The van der Waals surface area contributed by atoms with Crippen LogP contribution < -0.4 is 4.74 Å². The van der Waals surface area contributed by atoms with Gasteiger partial charge in [0.2, 0.25) is 0 Å². The van der Waals surface area contributed by atoms with E-state index in [-0.39, 0.29) is 5.91 Å². The zero-order valence-electron chi connectivity index (χ0n) is 12.2. The molecule has 2 rings (SSSR count). The number of methoxy groups -OCH3 is 2. The Kier molecular flexibility index (Phi) is 5.38. The van der Waals surface area contributed by atoms with Gasteiger partial charge in [-0.25, -0.2) is 0 Å². The van der Waals surface area contributed by atoms with E-state index in [0.717, 1.165) is 50.6 Å². The predicted molar refractivity (Wildman–Crippen MR) is 77.2 cm³/mol. The normalized spacial score (nSPS) is 16.2. The van der Waals surface area contributed by atoms with Crippen molar-refractivity contribution in [2.45, 2.75) is 0 Å². The summed E-state index contributed by atoms with van der Waals surface area (Å²) in [5.41, 5.74) is 0.719. The molecule has 0 spiro atoms. The Hall–Kier alpha value is -1.59. The van der Waals surface area contributed by atoms with Gasteiger partial charge in [0.1, 0.15) is 5.75 Å². The van der Waals surface area contributed by atoms with Gasteiger partial charge in [-0.05, 0) is 24.3 Å². The number of piperazine rings is 1. The summed E-state index contributed by atoms with van der Waals surface area (Å²) in [5, 5.41) is 0. The predicted octanol–water partition coefficient (Wildman–Crippen LogP) is 1.10. The molecule has 0 bridgehead atoms. The van der Waals surface area contributed by atoms with Crippen LogP contribution in [0.25, 0.3) is 0 Å². The summed E-state index contributed by atoms with van der Waals surface area (Å²) in [6.45, 7) is 5.03. The number of amides is 1. The molecule has 0 radical (unpaired) electrons. The Morgan fingerprint density at radius 2 is 1.75 bits per heavy atom. The second kappa shape index (κ2) is 7.26. The molecule has 1 aliphatic rings. The molecule has 5 heteroatoms. The van der Waals surface area contributed by atoms with Crippen molar-refractivity contribution in [3.8, 4) is 5.75 Å². The standard InChI is InChI=1S/C15H22N2O3/c1-19-12-11-16-7-9-17(10-8-16)15(18)13-3-5-14(20-2)6-4-13/h3-6H,7-12H2,1-2H3. The van der Waals surface area contributed by atoms with Crippen LogP contribution >= 0.6 is 0 Å². The van der Waals surface area contributed by atoms with Crippen molar-refractivity contribution in [1.29, 1.82) is 0 Å². The molecule has 110 valence electrons. The van der Waals surface area contributed by atoms with Gasteiger partial charge in [0.15, 0.2) is 0 Å². The van der Waals surface area contributed by atoms with E-state index in [9.17, 15) is 4.79 Å². The number of ether oxygens (including phenoxy) is 2. The van der Waals surface area contributed by atoms with Gasteiger partial charge in [0.25, 0.3) is 5.91 Å². The van der Waals surface area contributed by atoms with Crippen LogP contribution in [0.2, 0.25) is 0 Å². The highest BCUT2D eigenvalue weighted by atomic mass is 16.5. The van der Waals surface area contributed by atoms with Crippen molar-refractivity contribution < 1.29 is 14.3 Å². The number of hydrogen-bond donors (Lipinski definition) is 0. The number of carbonyl (C=O) groups is 1. The van der Waals surface area contributed by atoms with Gasteiger partial charge >= 0.3 is 0 Å². The number of hydrogen-bond acceptors (Lipinski definition) is 4. The van der Waals surface area contributed by atoms with E-state index in [4.69, 9.17) is 9.47 Å². The zero-order valence-corrected chi connectivity index (χ0v) is 12.2. The molecule has 1 amide bonds. The molecular weight excluding hydrogens is 256 g/mol. The summed E-state index contributed by atoms with van der Waals surface area (Å²) < 4.78 is 10.2. The third-order valence-electron chi connectivity index (χ3n) is 3.61. The number of rotatable bonds is 5. The molecule has 0 saturated carbocycles. The van der Waals surface area contributed by atoms with Gasteiger partial charge in [0, 0.05) is 45.4 Å². The lowest BCUT2D eigenvalue weighted by Crippen LogP contribution is -2.49. The van der Waals surface area contributed by atoms with Gasteiger partial charge in [0.05, 0.1) is 13.7 Å². The van der Waals surface area contributed by atoms with E-state index >= 15 is 0 Å². The van der Waals surface area contributed by atoms with Crippen LogP contribution in [0.4, 0.5) is 0 Å². The van der Waals surface area contributed by atoms with Crippen LogP contribution in [-0.2, 0) is 4.74 Å². The average molecular weight is 278 g/mol. The van der Waals surface area contributed by atoms with Crippen molar-refractivity contribution in [3.63, 3.8) is 0 Å². The quantitative estimate of drug-likeness (QED) is 0.809. The molecule has 0 aliphatic carbocycles. The summed E-state index contributed by atoms with van der Waals surface area (Å²) in [5.74, 6) is 0.866. The van der Waals surface area contributed by atoms with Crippen LogP contribution in [0.5, 0.6) is 5.75 Å². The lowest BCUT2D eigenvalue weighted by Gasteiger charge is -2.34. The first-order chi connectivity index (χ1) is 9.74. The number of nitrogens with zero attached hydrogens (tertiary/aromatic N) is 2. The largest absolute Gasteiger partial charge is 0.497 e. The fourth-order valence-corrected chi connectivity index (χ4v) is 2.31. The minimum absolute atomic E-state index is 0.0963. The third kappa shape index (κ3) is 3.71. The van der Waals surface area contributed by atoms with Crippen molar-refractivity contribution in [2.75, 3.05) is 53.6 Å². The minimum Gasteiger partial charge on any atom is -0.497 e. The van der Waals surface area contributed by atoms with E-state index in [2.05, 4.69) is 4.90 Å². The topological polar surface area (TPSA) is 42.0 Å². The smallest absolute Gasteiger partial charge is 0.253 e. The highest BCUT2D eigenvalue weighted by Crippen LogP contribution is 2.14. The second-order valence-electron chi connectivity index (χ2n) is 4.86. The molecule has 0 aromatic heterocycles. The van der Waals surface area contributed by atoms with Gasteiger partial charge in [-0.15, -0.1) is 0 Å². The summed E-state index contributed by atoms with van der Waals surface area (Å²) in [6, 6.07) is 7.28. The molecule has 0 unspecified atom stereocenters. The van der Waals surface area contributed by atoms with E-state index < -0.39 is 0 Å². The summed E-state index contributed by atoms with van der Waals surface area (Å²) in [6.07, 6.45) is 0. The van der Waals surface area contributed by atoms with E-state index in [1.165, 1.54) is 0 Å². The molecule has 1 heterocycles. The lowest BCUT2D eigenvalue weighted by atomic mass is 10.1. The van der Waals surface area contributed by atoms with Crippen LogP contribution in [0.15, 0.2) is 24.3 Å². The fourth-order valence-electron chi connectivity index (χ4n) is 2.31. The molecule has 1 saturated heterocycles. The first kappa shape index (κ1) is 14.8. The lowest BCUT2D eigenvalue weighted by molar-refractivity contribution is 0.0594. The van der Waals surface area contributed by atoms with Gasteiger partial charge in [-0.2, -0.15) is 0 Å². The van der Waals surface area contributed by atoms with Gasteiger partial charge in [-0.1, -0.05) is 0 Å². The molecule has 1 aromatic rings. The SMILES string of the molecule is COCCN1CCN(C(=O)c2ccc(OC)cc2)CC1. The maximum absolute atomic E-state index is 12.4. The van der Waals surface area contributed by atoms with Crippen molar-refractivity contribution in [1.82, 2.24) is 9.80 Å². The Bertz CT molecular complexity index is 425. The van der Waals surface area contributed by atoms with Crippen molar-refractivity contribution >= 4 is 5.91 Å².